The number of ether oxygens (including phenoxy) is 1. The van der Waals surface area contributed by atoms with Crippen LogP contribution >= 0.6 is 11.6 Å². The second-order valence-corrected chi connectivity index (χ2v) is 8.73. The normalized spacial score (nSPS) is 24.9. The quantitative estimate of drug-likeness (QED) is 0.784. The zero-order chi connectivity index (χ0) is 17.6. The summed E-state index contributed by atoms with van der Waals surface area (Å²) in [5, 5.41) is 4.45. The molecule has 7 nitrogen and oxygen atoms in total. The number of sulfone groups is 1. The fourth-order valence-corrected chi connectivity index (χ4v) is 5.24. The molecule has 1 aromatic carbocycles. The fourth-order valence-electron chi connectivity index (χ4n) is 3.24. The Bertz CT molecular complexity index is 909. The first-order valence-corrected chi connectivity index (χ1v) is 9.98. The van der Waals surface area contributed by atoms with Gasteiger partial charge in [-0.05, 0) is 24.3 Å². The molecule has 0 saturated carbocycles. The highest BCUT2D eigenvalue weighted by atomic mass is 35.5. The van der Waals surface area contributed by atoms with Gasteiger partial charge in [-0.2, -0.15) is 0 Å². The fraction of sp³-hybridized carbons (Fsp3) is 0.375. The summed E-state index contributed by atoms with van der Waals surface area (Å²) in [5.41, 5.74) is 0.897. The van der Waals surface area contributed by atoms with Crippen LogP contribution in [0.2, 0.25) is 5.02 Å². The number of hydrogen-bond acceptors (Lipinski definition) is 6. The van der Waals surface area contributed by atoms with Gasteiger partial charge in [-0.15, -0.1) is 0 Å². The molecule has 0 N–H and O–H groups in total. The number of amides is 1. The summed E-state index contributed by atoms with van der Waals surface area (Å²) < 4.78 is 34.5. The van der Waals surface area contributed by atoms with E-state index in [2.05, 4.69) is 5.16 Å². The van der Waals surface area contributed by atoms with Crippen LogP contribution in [0.25, 0.3) is 11.3 Å². The van der Waals surface area contributed by atoms with Crippen LogP contribution in [0.5, 0.6) is 0 Å². The minimum Gasteiger partial charge on any atom is -0.373 e. The Labute approximate surface area is 149 Å². The summed E-state index contributed by atoms with van der Waals surface area (Å²) in [7, 11) is -3.19. The number of benzene rings is 1. The SMILES string of the molecule is O=C(c1cc(-c2ccc(Cl)cc2)on1)N1CCOC2CS(=O)(=O)CC21. The number of aromatic nitrogens is 1. The highest BCUT2D eigenvalue weighted by Crippen LogP contribution is 2.27. The molecule has 2 aliphatic rings. The molecule has 0 bridgehead atoms. The Balaban J connectivity index is 1.58. The Morgan fingerprint density at radius 2 is 2.00 bits per heavy atom. The van der Waals surface area contributed by atoms with E-state index >= 15 is 0 Å². The molecule has 2 aromatic rings. The Kier molecular flexibility index (Phi) is 4.05. The average Bonchev–Trinajstić information content (AvgIpc) is 3.17. The third-order valence-electron chi connectivity index (χ3n) is 4.46. The number of halogens is 1. The van der Waals surface area contributed by atoms with Gasteiger partial charge in [0.2, 0.25) is 0 Å². The van der Waals surface area contributed by atoms with Crippen LogP contribution in [0.15, 0.2) is 34.9 Å². The van der Waals surface area contributed by atoms with Gasteiger partial charge in [0.05, 0.1) is 30.3 Å². The molecule has 132 valence electrons. The van der Waals surface area contributed by atoms with Crippen molar-refractivity contribution in [2.45, 2.75) is 12.1 Å². The van der Waals surface area contributed by atoms with Crippen molar-refractivity contribution in [3.8, 4) is 11.3 Å². The number of carbonyl (C=O) groups is 1. The molecule has 2 atom stereocenters. The van der Waals surface area contributed by atoms with E-state index in [4.69, 9.17) is 20.9 Å². The van der Waals surface area contributed by atoms with Gasteiger partial charge in [0.25, 0.3) is 5.91 Å². The van der Waals surface area contributed by atoms with E-state index in [0.29, 0.717) is 23.9 Å². The van der Waals surface area contributed by atoms with Crippen molar-refractivity contribution in [1.82, 2.24) is 10.1 Å². The number of rotatable bonds is 2. The third-order valence-corrected chi connectivity index (χ3v) is 6.39. The molecule has 0 radical (unpaired) electrons. The number of nitrogens with zero attached hydrogens (tertiary/aromatic N) is 2. The van der Waals surface area contributed by atoms with Crippen LogP contribution in [0.1, 0.15) is 10.5 Å². The van der Waals surface area contributed by atoms with E-state index in [1.807, 2.05) is 0 Å². The molecule has 25 heavy (non-hydrogen) atoms. The van der Waals surface area contributed by atoms with Crippen molar-refractivity contribution in [3.05, 3.63) is 41.0 Å². The average molecular weight is 383 g/mol. The predicted molar refractivity (Wildman–Crippen MR) is 90.2 cm³/mol. The molecule has 2 saturated heterocycles. The molecule has 1 amide bonds. The molecular weight excluding hydrogens is 368 g/mol. The van der Waals surface area contributed by atoms with Crippen LogP contribution in [0.3, 0.4) is 0 Å². The lowest BCUT2D eigenvalue weighted by atomic mass is 10.1. The van der Waals surface area contributed by atoms with Gasteiger partial charge in [-0.25, -0.2) is 8.42 Å². The van der Waals surface area contributed by atoms with Gasteiger partial charge in [-0.1, -0.05) is 16.8 Å². The monoisotopic (exact) mass is 382 g/mol. The smallest absolute Gasteiger partial charge is 0.276 e. The molecule has 2 aliphatic heterocycles. The largest absolute Gasteiger partial charge is 0.373 e. The van der Waals surface area contributed by atoms with Crippen molar-refractivity contribution in [2.24, 2.45) is 0 Å². The highest BCUT2D eigenvalue weighted by Gasteiger charge is 2.46. The van der Waals surface area contributed by atoms with Gasteiger partial charge >= 0.3 is 0 Å². The first-order chi connectivity index (χ1) is 11.9. The molecule has 1 aromatic heterocycles. The zero-order valence-electron chi connectivity index (χ0n) is 13.1. The van der Waals surface area contributed by atoms with Crippen molar-refractivity contribution in [3.63, 3.8) is 0 Å². The standard InChI is InChI=1S/C16H15ClN2O5S/c17-11-3-1-10(2-4-11)14-7-12(18-24-14)16(20)19-5-6-23-15-9-25(21,22)8-13(15)19/h1-4,7,13,15H,5-6,8-9H2. The lowest BCUT2D eigenvalue weighted by molar-refractivity contribution is -0.0364. The number of morpholine rings is 1. The van der Waals surface area contributed by atoms with Gasteiger partial charge < -0.3 is 14.2 Å². The summed E-state index contributed by atoms with van der Waals surface area (Å²) in [5.74, 6) is -0.0232. The summed E-state index contributed by atoms with van der Waals surface area (Å²) in [6.07, 6.45) is -0.467. The minimum absolute atomic E-state index is 0.0454. The van der Waals surface area contributed by atoms with Crippen molar-refractivity contribution >= 4 is 27.3 Å². The van der Waals surface area contributed by atoms with Crippen molar-refractivity contribution in [2.75, 3.05) is 24.7 Å². The van der Waals surface area contributed by atoms with Crippen LogP contribution in [0.4, 0.5) is 0 Å². The zero-order valence-corrected chi connectivity index (χ0v) is 14.7. The first-order valence-electron chi connectivity index (χ1n) is 7.79. The maximum atomic E-state index is 12.8. The maximum Gasteiger partial charge on any atom is 0.276 e. The summed E-state index contributed by atoms with van der Waals surface area (Å²) >= 11 is 5.86. The number of hydrogen-bond donors (Lipinski definition) is 0. The van der Waals surface area contributed by atoms with Gasteiger partial charge in [0.1, 0.15) is 0 Å². The van der Waals surface area contributed by atoms with Crippen LogP contribution in [-0.4, -0.2) is 61.2 Å². The van der Waals surface area contributed by atoms with Crippen LogP contribution < -0.4 is 0 Å². The van der Waals surface area contributed by atoms with Gasteiger partial charge in [-0.3, -0.25) is 4.79 Å². The molecule has 0 aliphatic carbocycles. The Morgan fingerprint density at radius 3 is 2.76 bits per heavy atom. The topological polar surface area (TPSA) is 89.7 Å². The Morgan fingerprint density at radius 1 is 1.24 bits per heavy atom. The predicted octanol–water partition coefficient (Wildman–Crippen LogP) is 1.63. The highest BCUT2D eigenvalue weighted by molar-refractivity contribution is 7.91. The molecule has 4 rings (SSSR count). The van der Waals surface area contributed by atoms with Crippen molar-refractivity contribution in [1.29, 1.82) is 0 Å². The van der Waals surface area contributed by atoms with E-state index in [9.17, 15) is 13.2 Å². The molecule has 9 heteroatoms. The van der Waals surface area contributed by atoms with Gasteiger partial charge in [0.15, 0.2) is 21.3 Å². The maximum absolute atomic E-state index is 12.8. The Hall–Kier alpha value is -1.90. The summed E-state index contributed by atoms with van der Waals surface area (Å²) in [4.78, 5) is 14.3. The number of fused-ring (bicyclic) bond motifs is 1. The van der Waals surface area contributed by atoms with Crippen LogP contribution in [0, 0.1) is 0 Å². The van der Waals surface area contributed by atoms with Gasteiger partial charge in [0, 0.05) is 23.2 Å². The third kappa shape index (κ3) is 3.17. The second-order valence-electron chi connectivity index (χ2n) is 6.14. The molecule has 2 fully saturated rings. The van der Waals surface area contributed by atoms with E-state index in [1.165, 1.54) is 4.90 Å². The first kappa shape index (κ1) is 16.6. The summed E-state index contributed by atoms with van der Waals surface area (Å²) in [6, 6.07) is 8.06. The number of carbonyl (C=O) groups excluding carboxylic acids is 1. The van der Waals surface area contributed by atoms with Crippen molar-refractivity contribution < 1.29 is 22.5 Å². The lowest BCUT2D eigenvalue weighted by Crippen LogP contribution is -2.53. The molecule has 2 unspecified atom stereocenters. The van der Waals surface area contributed by atoms with E-state index in [1.54, 1.807) is 30.3 Å². The second kappa shape index (κ2) is 6.12. The van der Waals surface area contributed by atoms with E-state index in [0.717, 1.165) is 5.56 Å². The van der Waals surface area contributed by atoms with E-state index < -0.39 is 22.0 Å². The molecule has 0 spiro atoms. The van der Waals surface area contributed by atoms with E-state index in [-0.39, 0.29) is 23.1 Å². The van der Waals surface area contributed by atoms with Crippen LogP contribution in [-0.2, 0) is 14.6 Å². The molecule has 3 heterocycles. The summed E-state index contributed by atoms with van der Waals surface area (Å²) in [6.45, 7) is 0.642. The molecular formula is C16H15ClN2O5S. The lowest BCUT2D eigenvalue weighted by Gasteiger charge is -2.36. The minimum atomic E-state index is -3.19.